The number of rotatable bonds is 5. The third-order valence-electron chi connectivity index (χ3n) is 5.84. The van der Waals surface area contributed by atoms with Gasteiger partial charge in [0.2, 0.25) is 0 Å². The lowest BCUT2D eigenvalue weighted by atomic mass is 10.0. The first-order valence-corrected chi connectivity index (χ1v) is 10.8. The van der Waals surface area contributed by atoms with Gasteiger partial charge in [0.15, 0.2) is 11.9 Å². The molecule has 3 aromatic heterocycles. The van der Waals surface area contributed by atoms with Gasteiger partial charge in [-0.1, -0.05) is 36.4 Å². The number of benzene rings is 2. The summed E-state index contributed by atoms with van der Waals surface area (Å²) < 4.78 is 3.10. The number of nitrogens with one attached hydrogen (secondary N) is 1. The summed E-state index contributed by atoms with van der Waals surface area (Å²) in [7, 11) is 0. The predicted octanol–water partition coefficient (Wildman–Crippen LogP) is 3.65. The van der Waals surface area contributed by atoms with Crippen LogP contribution in [0.1, 0.15) is 45.1 Å². The lowest BCUT2D eigenvalue weighted by Crippen LogP contribution is -2.32. The van der Waals surface area contributed by atoms with Crippen LogP contribution in [0.3, 0.4) is 0 Å². The van der Waals surface area contributed by atoms with Crippen LogP contribution < -0.4 is 10.9 Å². The second-order valence-electron chi connectivity index (χ2n) is 8.02. The first kappa shape index (κ1) is 21.3. The van der Waals surface area contributed by atoms with Crippen molar-refractivity contribution in [2.24, 2.45) is 0 Å². The van der Waals surface area contributed by atoms with E-state index < -0.39 is 6.04 Å². The van der Waals surface area contributed by atoms with Crippen molar-refractivity contribution in [2.75, 3.05) is 0 Å². The molecule has 0 bridgehead atoms. The van der Waals surface area contributed by atoms with E-state index in [0.29, 0.717) is 50.9 Å². The molecule has 5 aromatic rings. The van der Waals surface area contributed by atoms with Gasteiger partial charge in [-0.05, 0) is 43.5 Å². The van der Waals surface area contributed by atoms with E-state index in [1.807, 2.05) is 43.3 Å². The number of hydrogen-bond acceptors (Lipinski definition) is 5. The van der Waals surface area contributed by atoms with Crippen LogP contribution in [0.4, 0.5) is 0 Å². The number of aldehydes is 1. The first-order valence-electron chi connectivity index (χ1n) is 10.8. The molecule has 2 aromatic carbocycles. The average molecular weight is 451 g/mol. The smallest absolute Gasteiger partial charge is 0.263 e. The van der Waals surface area contributed by atoms with Crippen molar-refractivity contribution in [1.29, 1.82) is 0 Å². The predicted molar refractivity (Wildman–Crippen MR) is 129 cm³/mol. The van der Waals surface area contributed by atoms with Crippen LogP contribution in [-0.4, -0.2) is 31.4 Å². The normalized spacial score (nSPS) is 12.1. The van der Waals surface area contributed by atoms with Crippen LogP contribution >= 0.6 is 0 Å². The van der Waals surface area contributed by atoms with E-state index in [0.717, 1.165) is 0 Å². The Kier molecular flexibility index (Phi) is 5.25. The number of para-hydroxylation sites is 1. The number of nitrogens with zero attached hydrogens (tertiary/aromatic N) is 4. The fourth-order valence-corrected chi connectivity index (χ4v) is 4.27. The molecule has 8 nitrogen and oxygen atoms in total. The molecule has 0 unspecified atom stereocenters. The number of aryl methyl sites for hydroxylation is 1. The molecule has 0 aliphatic rings. The standard InChI is InChI=1S/C26H21N5O3/c1-16(28-25(33)22-17(2)29-30-13-7-12-27-24(22)30)21-14-18-8-6-9-19(15-32)23(18)26(34)31(21)20-10-4-3-5-11-20/h3-16H,1-2H3,(H,28,33)/t16-/m0/s1. The molecule has 5 rings (SSSR count). The highest BCUT2D eigenvalue weighted by molar-refractivity contribution is 6.01. The summed E-state index contributed by atoms with van der Waals surface area (Å²) >= 11 is 0. The molecule has 0 fully saturated rings. The lowest BCUT2D eigenvalue weighted by Gasteiger charge is -2.21. The van der Waals surface area contributed by atoms with Gasteiger partial charge in [0.1, 0.15) is 5.56 Å². The first-order chi connectivity index (χ1) is 16.5. The molecular weight excluding hydrogens is 430 g/mol. The molecule has 0 spiro atoms. The number of amides is 1. The zero-order valence-electron chi connectivity index (χ0n) is 18.6. The minimum Gasteiger partial charge on any atom is -0.344 e. The molecule has 34 heavy (non-hydrogen) atoms. The van der Waals surface area contributed by atoms with Gasteiger partial charge in [-0.15, -0.1) is 0 Å². The van der Waals surface area contributed by atoms with E-state index in [-0.39, 0.29) is 11.5 Å². The van der Waals surface area contributed by atoms with Crippen molar-refractivity contribution in [1.82, 2.24) is 24.5 Å². The van der Waals surface area contributed by atoms with Gasteiger partial charge in [0.05, 0.1) is 17.1 Å². The van der Waals surface area contributed by atoms with Gasteiger partial charge < -0.3 is 5.32 Å². The van der Waals surface area contributed by atoms with Gasteiger partial charge in [-0.25, -0.2) is 9.50 Å². The molecule has 0 aliphatic carbocycles. The number of aromatic nitrogens is 4. The van der Waals surface area contributed by atoms with E-state index in [1.54, 1.807) is 52.7 Å². The SMILES string of the molecule is Cc1nn2cccnc2c1C(=O)N[C@@H](C)c1cc2cccc(C=O)c2c(=O)n1-c1ccccc1. The van der Waals surface area contributed by atoms with E-state index in [4.69, 9.17) is 0 Å². The Balaban J connectivity index is 1.65. The van der Waals surface area contributed by atoms with E-state index >= 15 is 0 Å². The topological polar surface area (TPSA) is 98.4 Å². The fraction of sp³-hybridized carbons (Fsp3) is 0.115. The summed E-state index contributed by atoms with van der Waals surface area (Å²) in [5.41, 5.74) is 2.62. The minimum absolute atomic E-state index is 0.323. The quantitative estimate of drug-likeness (QED) is 0.412. The highest BCUT2D eigenvalue weighted by Crippen LogP contribution is 2.23. The van der Waals surface area contributed by atoms with Crippen molar-refractivity contribution in [3.8, 4) is 5.69 Å². The van der Waals surface area contributed by atoms with Crippen LogP contribution in [0.25, 0.3) is 22.1 Å². The van der Waals surface area contributed by atoms with Gasteiger partial charge in [0, 0.05) is 29.3 Å². The number of carbonyl (C=O) groups excluding carboxylic acids is 2. The van der Waals surface area contributed by atoms with Gasteiger partial charge in [-0.2, -0.15) is 5.10 Å². The molecule has 168 valence electrons. The monoisotopic (exact) mass is 451 g/mol. The van der Waals surface area contributed by atoms with Crippen LogP contribution in [0.5, 0.6) is 0 Å². The maximum Gasteiger partial charge on any atom is 0.263 e. The number of carbonyl (C=O) groups is 2. The summed E-state index contributed by atoms with van der Waals surface area (Å²) in [6, 6.07) is 17.3. The second kappa shape index (κ2) is 8.40. The Bertz CT molecular complexity index is 1620. The van der Waals surface area contributed by atoms with Crippen molar-refractivity contribution < 1.29 is 9.59 Å². The maximum atomic E-state index is 13.6. The molecule has 8 heteroatoms. The fourth-order valence-electron chi connectivity index (χ4n) is 4.27. The van der Waals surface area contributed by atoms with Crippen LogP contribution in [0.2, 0.25) is 0 Å². The summed E-state index contributed by atoms with van der Waals surface area (Å²) in [4.78, 5) is 42.9. The van der Waals surface area contributed by atoms with Gasteiger partial charge in [0.25, 0.3) is 11.5 Å². The van der Waals surface area contributed by atoms with Crippen molar-refractivity contribution in [3.05, 3.63) is 106 Å². The molecule has 3 heterocycles. The zero-order chi connectivity index (χ0) is 23.8. The Morgan fingerprint density at radius 1 is 1.09 bits per heavy atom. The summed E-state index contributed by atoms with van der Waals surface area (Å²) in [5, 5.41) is 8.33. The second-order valence-corrected chi connectivity index (χ2v) is 8.02. The van der Waals surface area contributed by atoms with E-state index in [1.165, 1.54) is 0 Å². The number of hydrogen-bond donors (Lipinski definition) is 1. The minimum atomic E-state index is -0.539. The lowest BCUT2D eigenvalue weighted by molar-refractivity contribution is 0.0939. The Labute approximate surface area is 194 Å². The van der Waals surface area contributed by atoms with Gasteiger partial charge >= 0.3 is 0 Å². The van der Waals surface area contributed by atoms with Gasteiger partial charge in [-0.3, -0.25) is 19.0 Å². The Morgan fingerprint density at radius 3 is 2.65 bits per heavy atom. The van der Waals surface area contributed by atoms with Crippen LogP contribution in [0.15, 0.2) is 77.9 Å². The average Bonchev–Trinajstić information content (AvgIpc) is 3.19. The van der Waals surface area contributed by atoms with Crippen LogP contribution in [-0.2, 0) is 0 Å². The molecule has 1 atom stereocenters. The molecule has 1 N–H and O–H groups in total. The van der Waals surface area contributed by atoms with E-state index in [9.17, 15) is 14.4 Å². The number of pyridine rings is 1. The highest BCUT2D eigenvalue weighted by Gasteiger charge is 2.23. The maximum absolute atomic E-state index is 13.6. The van der Waals surface area contributed by atoms with Crippen molar-refractivity contribution in [2.45, 2.75) is 19.9 Å². The molecule has 0 aliphatic heterocycles. The van der Waals surface area contributed by atoms with Crippen molar-refractivity contribution in [3.63, 3.8) is 0 Å². The van der Waals surface area contributed by atoms with Crippen LogP contribution in [0, 0.1) is 6.92 Å². The highest BCUT2D eigenvalue weighted by atomic mass is 16.2. The Morgan fingerprint density at radius 2 is 1.88 bits per heavy atom. The molecular formula is C26H21N5O3. The molecule has 0 saturated heterocycles. The largest absolute Gasteiger partial charge is 0.344 e. The summed E-state index contributed by atoms with van der Waals surface area (Å²) in [6.07, 6.45) is 4.03. The molecule has 0 radical (unpaired) electrons. The number of fused-ring (bicyclic) bond motifs is 2. The van der Waals surface area contributed by atoms with E-state index in [2.05, 4.69) is 15.4 Å². The third kappa shape index (κ3) is 3.45. The third-order valence-corrected chi connectivity index (χ3v) is 5.84. The zero-order valence-corrected chi connectivity index (χ0v) is 18.6. The van der Waals surface area contributed by atoms with Crippen molar-refractivity contribution >= 4 is 28.6 Å². The summed E-state index contributed by atoms with van der Waals surface area (Å²) in [6.45, 7) is 3.57. The molecule has 1 amide bonds. The molecule has 0 saturated carbocycles. The summed E-state index contributed by atoms with van der Waals surface area (Å²) in [5.74, 6) is -0.340. The Hall–Kier alpha value is -4.59.